The lowest BCUT2D eigenvalue weighted by Crippen LogP contribution is -2.54. The van der Waals surface area contributed by atoms with Gasteiger partial charge in [-0.05, 0) is 50.7 Å². The van der Waals surface area contributed by atoms with Gasteiger partial charge in [0.05, 0.1) is 6.04 Å². The Labute approximate surface area is 163 Å². The normalized spacial score (nSPS) is 18.3. The number of carboxylic acids is 1. The highest BCUT2D eigenvalue weighted by atomic mass is 32.2. The zero-order valence-electron chi connectivity index (χ0n) is 15.6. The van der Waals surface area contributed by atoms with Crippen molar-refractivity contribution >= 4 is 35.5 Å². The molecule has 1 aliphatic rings. The molecule has 1 rings (SSSR count). The van der Waals surface area contributed by atoms with Crippen molar-refractivity contribution in [1.82, 2.24) is 16.0 Å². The molecule has 0 aromatic heterocycles. The Morgan fingerprint density at radius 3 is 2.56 bits per heavy atom. The summed E-state index contributed by atoms with van der Waals surface area (Å²) in [4.78, 5) is 40.1. The number of carbonyl (C=O) groups is 3. The van der Waals surface area contributed by atoms with Crippen molar-refractivity contribution in [2.45, 2.75) is 50.2 Å². The summed E-state index contributed by atoms with van der Waals surface area (Å²) in [5, 5.41) is 17.7. The number of hydrogen-bond donors (Lipinski definition) is 6. The van der Waals surface area contributed by atoms with Crippen LogP contribution in [0.2, 0.25) is 0 Å². The summed E-state index contributed by atoms with van der Waals surface area (Å²) in [7, 11) is 0. The molecule has 0 aromatic rings. The van der Waals surface area contributed by atoms with Crippen molar-refractivity contribution < 1.29 is 19.5 Å². The van der Waals surface area contributed by atoms with Crippen LogP contribution in [0.1, 0.15) is 32.1 Å². The maximum Gasteiger partial charge on any atom is 0.326 e. The molecular formula is C16H30N6O4S. The molecule has 0 aliphatic carbocycles. The van der Waals surface area contributed by atoms with Crippen molar-refractivity contribution in [1.29, 1.82) is 0 Å². The van der Waals surface area contributed by atoms with Gasteiger partial charge in [0.25, 0.3) is 0 Å². The molecule has 11 heteroatoms. The second-order valence-electron chi connectivity index (χ2n) is 6.34. The van der Waals surface area contributed by atoms with E-state index in [4.69, 9.17) is 11.5 Å². The van der Waals surface area contributed by atoms with E-state index in [9.17, 15) is 19.5 Å². The van der Waals surface area contributed by atoms with Crippen LogP contribution in [0.5, 0.6) is 0 Å². The van der Waals surface area contributed by atoms with Crippen LogP contribution >= 0.6 is 11.8 Å². The van der Waals surface area contributed by atoms with Gasteiger partial charge in [0.1, 0.15) is 12.1 Å². The first-order valence-electron chi connectivity index (χ1n) is 8.96. The summed E-state index contributed by atoms with van der Waals surface area (Å²) in [6.07, 6.45) is 4.56. The van der Waals surface area contributed by atoms with E-state index in [-0.39, 0.29) is 30.9 Å². The molecule has 154 valence electrons. The zero-order chi connectivity index (χ0) is 20.2. The van der Waals surface area contributed by atoms with Crippen molar-refractivity contribution in [2.24, 2.45) is 16.5 Å². The topological polar surface area (TPSA) is 172 Å². The number of aliphatic carboxylic acids is 1. The van der Waals surface area contributed by atoms with Crippen molar-refractivity contribution in [3.05, 3.63) is 0 Å². The van der Waals surface area contributed by atoms with Crippen molar-refractivity contribution in [3.8, 4) is 0 Å². The number of nitrogens with two attached hydrogens (primary N) is 2. The average Bonchev–Trinajstić information content (AvgIpc) is 3.15. The zero-order valence-corrected chi connectivity index (χ0v) is 16.4. The first-order chi connectivity index (χ1) is 12.8. The predicted molar refractivity (Wildman–Crippen MR) is 105 cm³/mol. The third kappa shape index (κ3) is 8.96. The number of thioether (sulfide) groups is 1. The lowest BCUT2D eigenvalue weighted by molar-refractivity contribution is -0.142. The lowest BCUT2D eigenvalue weighted by Gasteiger charge is -2.22. The van der Waals surface area contributed by atoms with Gasteiger partial charge in [0, 0.05) is 6.54 Å². The van der Waals surface area contributed by atoms with Crippen LogP contribution in [0, 0.1) is 0 Å². The number of amides is 2. The molecule has 27 heavy (non-hydrogen) atoms. The van der Waals surface area contributed by atoms with Crippen LogP contribution in [-0.4, -0.2) is 72.1 Å². The van der Waals surface area contributed by atoms with Crippen LogP contribution in [0.3, 0.4) is 0 Å². The van der Waals surface area contributed by atoms with Gasteiger partial charge >= 0.3 is 5.97 Å². The van der Waals surface area contributed by atoms with Crippen molar-refractivity contribution in [2.75, 3.05) is 25.1 Å². The number of aliphatic imine (C=N–C) groups is 1. The molecule has 0 aromatic carbocycles. The van der Waals surface area contributed by atoms with Gasteiger partial charge in [0.15, 0.2) is 5.96 Å². The third-order valence-corrected chi connectivity index (χ3v) is 4.82. The molecule has 1 fully saturated rings. The molecule has 8 N–H and O–H groups in total. The first kappa shape index (κ1) is 23.0. The minimum atomic E-state index is -1.14. The van der Waals surface area contributed by atoms with Crippen LogP contribution < -0.4 is 27.4 Å². The van der Waals surface area contributed by atoms with E-state index in [0.29, 0.717) is 18.6 Å². The molecule has 2 amide bonds. The van der Waals surface area contributed by atoms with Gasteiger partial charge in [-0.2, -0.15) is 11.8 Å². The van der Waals surface area contributed by atoms with Gasteiger partial charge in [-0.25, -0.2) is 4.79 Å². The quantitative estimate of drug-likeness (QED) is 0.131. The first-order valence-corrected chi connectivity index (χ1v) is 10.4. The molecule has 1 saturated heterocycles. The lowest BCUT2D eigenvalue weighted by atomic mass is 10.1. The van der Waals surface area contributed by atoms with E-state index >= 15 is 0 Å². The maximum atomic E-state index is 12.6. The van der Waals surface area contributed by atoms with Crippen LogP contribution in [0.25, 0.3) is 0 Å². The molecule has 0 unspecified atom stereocenters. The van der Waals surface area contributed by atoms with E-state index in [1.54, 1.807) is 11.8 Å². The van der Waals surface area contributed by atoms with Gasteiger partial charge in [0.2, 0.25) is 11.8 Å². The monoisotopic (exact) mass is 402 g/mol. The van der Waals surface area contributed by atoms with Gasteiger partial charge in [-0.15, -0.1) is 0 Å². The molecular weight excluding hydrogens is 372 g/mol. The number of nitrogens with zero attached hydrogens (tertiary/aromatic N) is 1. The van der Waals surface area contributed by atoms with E-state index in [1.165, 1.54) is 0 Å². The van der Waals surface area contributed by atoms with E-state index in [2.05, 4.69) is 20.9 Å². The van der Waals surface area contributed by atoms with Gasteiger partial charge < -0.3 is 32.5 Å². The second kappa shape index (κ2) is 12.4. The number of guanidine groups is 1. The van der Waals surface area contributed by atoms with Crippen LogP contribution in [0.4, 0.5) is 0 Å². The highest BCUT2D eigenvalue weighted by molar-refractivity contribution is 7.98. The molecule has 10 nitrogen and oxygen atoms in total. The fourth-order valence-electron chi connectivity index (χ4n) is 2.72. The minimum Gasteiger partial charge on any atom is -0.480 e. The molecule has 1 heterocycles. The Balaban J connectivity index is 2.63. The van der Waals surface area contributed by atoms with Crippen molar-refractivity contribution in [3.63, 3.8) is 0 Å². The second-order valence-corrected chi connectivity index (χ2v) is 7.33. The maximum absolute atomic E-state index is 12.6. The number of carboxylic acid groups (broad SMARTS) is 1. The minimum absolute atomic E-state index is 0.0636. The Hall–Kier alpha value is -2.01. The summed E-state index contributed by atoms with van der Waals surface area (Å²) >= 11 is 1.55. The average molecular weight is 403 g/mol. The molecule has 0 bridgehead atoms. The molecule has 1 aliphatic heterocycles. The Morgan fingerprint density at radius 1 is 1.26 bits per heavy atom. The standard InChI is InChI=1S/C16H30N6O4S/c1-27-9-6-11(21-13(23)10-4-2-7-19-10)14(24)22-12(15(25)26)5-3-8-20-16(17)18/h10-12,19H,2-9H2,1H3,(H,21,23)(H,22,24)(H,25,26)(H4,17,18,20)/t10-,11-,12-/m0/s1. The fourth-order valence-corrected chi connectivity index (χ4v) is 3.19. The Morgan fingerprint density at radius 2 is 2.00 bits per heavy atom. The fraction of sp³-hybridized carbons (Fsp3) is 0.750. The number of carbonyl (C=O) groups excluding carboxylic acids is 2. The number of hydrogen-bond acceptors (Lipinski definition) is 6. The molecule has 3 atom stereocenters. The summed E-state index contributed by atoms with van der Waals surface area (Å²) in [6, 6.07) is -2.14. The number of nitrogens with one attached hydrogen (secondary N) is 3. The molecule has 0 spiro atoms. The van der Waals surface area contributed by atoms with E-state index in [1.807, 2.05) is 6.26 Å². The number of rotatable bonds is 12. The van der Waals surface area contributed by atoms with Gasteiger partial charge in [-0.3, -0.25) is 14.6 Å². The Bertz CT molecular complexity index is 535. The van der Waals surface area contributed by atoms with Crippen LogP contribution in [0.15, 0.2) is 4.99 Å². The summed E-state index contributed by atoms with van der Waals surface area (Å²) in [5.41, 5.74) is 10.5. The molecule has 0 saturated carbocycles. The van der Waals surface area contributed by atoms with Gasteiger partial charge in [-0.1, -0.05) is 0 Å². The van der Waals surface area contributed by atoms with E-state index in [0.717, 1.165) is 19.4 Å². The third-order valence-electron chi connectivity index (χ3n) is 4.18. The smallest absolute Gasteiger partial charge is 0.326 e. The summed E-state index contributed by atoms with van der Waals surface area (Å²) in [6.45, 7) is 1.05. The SMILES string of the molecule is CSCC[C@H](NC(=O)[C@@H]1CCCN1)C(=O)N[C@@H](CCCN=C(N)N)C(=O)O. The Kier molecular flexibility index (Phi) is 10.6. The largest absolute Gasteiger partial charge is 0.480 e. The van der Waals surface area contributed by atoms with Crippen LogP contribution in [-0.2, 0) is 14.4 Å². The molecule has 0 radical (unpaired) electrons. The van der Waals surface area contributed by atoms with E-state index < -0.39 is 24.0 Å². The summed E-state index contributed by atoms with van der Waals surface area (Å²) < 4.78 is 0. The highest BCUT2D eigenvalue weighted by Crippen LogP contribution is 2.08. The highest BCUT2D eigenvalue weighted by Gasteiger charge is 2.29. The predicted octanol–water partition coefficient (Wildman–Crippen LogP) is -1.40. The summed E-state index contributed by atoms with van der Waals surface area (Å²) in [5.74, 6) is -1.26.